The summed E-state index contributed by atoms with van der Waals surface area (Å²) in [5.41, 5.74) is 6.11. The SMILES string of the molecule is C[C@@H](NC1=CC(=O)NCC1)c1ccc(Nc2ncc3cc(-c4ccncc4)ccc3n2)cc1. The number of rotatable bonds is 6. The van der Waals surface area contributed by atoms with Crippen molar-refractivity contribution in [1.82, 2.24) is 25.6 Å². The number of fused-ring (bicyclic) bond motifs is 1. The van der Waals surface area contributed by atoms with Gasteiger partial charge in [-0.15, -0.1) is 0 Å². The summed E-state index contributed by atoms with van der Waals surface area (Å²) in [6.07, 6.45) is 7.86. The Labute approximate surface area is 192 Å². The van der Waals surface area contributed by atoms with Gasteiger partial charge in [-0.2, -0.15) is 0 Å². The van der Waals surface area contributed by atoms with Crippen molar-refractivity contribution in [1.29, 1.82) is 0 Å². The third-order valence-corrected chi connectivity index (χ3v) is 5.66. The summed E-state index contributed by atoms with van der Waals surface area (Å²) in [5, 5.41) is 10.5. The van der Waals surface area contributed by atoms with E-state index in [0.717, 1.165) is 45.4 Å². The first-order valence-electron chi connectivity index (χ1n) is 10.9. The third-order valence-electron chi connectivity index (χ3n) is 5.66. The van der Waals surface area contributed by atoms with E-state index in [2.05, 4.69) is 62.1 Å². The lowest BCUT2D eigenvalue weighted by atomic mass is 10.1. The average Bonchev–Trinajstić information content (AvgIpc) is 2.85. The number of carbonyl (C=O) groups is 1. The largest absolute Gasteiger partial charge is 0.382 e. The standard InChI is InChI=1S/C26H24N6O/c1-17(30-23-10-13-28-25(33)15-23)18-2-5-22(6-3-18)31-26-29-16-21-14-20(4-7-24(21)32-26)19-8-11-27-12-9-19/h2-9,11-12,14-17,30H,10,13H2,1H3,(H,28,33)(H,29,31,32)/t17-/m1/s1. The number of aromatic nitrogens is 3. The minimum Gasteiger partial charge on any atom is -0.382 e. The molecule has 7 nitrogen and oxygen atoms in total. The van der Waals surface area contributed by atoms with Crippen LogP contribution >= 0.6 is 0 Å². The van der Waals surface area contributed by atoms with Crippen LogP contribution in [0.3, 0.4) is 0 Å². The Balaban J connectivity index is 1.27. The molecule has 1 amide bonds. The van der Waals surface area contributed by atoms with Crippen LogP contribution in [0.1, 0.15) is 24.9 Å². The second-order valence-electron chi connectivity index (χ2n) is 8.03. The molecule has 0 spiro atoms. The van der Waals surface area contributed by atoms with E-state index in [0.29, 0.717) is 12.5 Å². The minimum absolute atomic E-state index is 0.0422. The molecular formula is C26H24N6O. The Bertz CT molecular complexity index is 1320. The van der Waals surface area contributed by atoms with Crippen LogP contribution in [-0.2, 0) is 4.79 Å². The summed E-state index contributed by atoms with van der Waals surface area (Å²) in [6, 6.07) is 18.4. The summed E-state index contributed by atoms with van der Waals surface area (Å²) in [6.45, 7) is 2.76. The first-order chi connectivity index (χ1) is 16.1. The molecule has 0 unspecified atom stereocenters. The van der Waals surface area contributed by atoms with Gasteiger partial charge in [0.15, 0.2) is 0 Å². The van der Waals surface area contributed by atoms with Gasteiger partial charge in [0, 0.05) is 60.4 Å². The summed E-state index contributed by atoms with van der Waals surface area (Å²) in [4.78, 5) is 24.7. The zero-order chi connectivity index (χ0) is 22.6. The molecular weight excluding hydrogens is 412 g/mol. The monoisotopic (exact) mass is 436 g/mol. The zero-order valence-corrected chi connectivity index (χ0v) is 18.2. The Morgan fingerprint density at radius 2 is 1.82 bits per heavy atom. The molecule has 2 aromatic heterocycles. The molecule has 3 heterocycles. The maximum absolute atomic E-state index is 11.5. The maximum atomic E-state index is 11.5. The molecule has 0 radical (unpaired) electrons. The van der Waals surface area contributed by atoms with E-state index in [9.17, 15) is 4.79 Å². The van der Waals surface area contributed by atoms with Crippen LogP contribution in [-0.4, -0.2) is 27.4 Å². The summed E-state index contributed by atoms with van der Waals surface area (Å²) in [7, 11) is 0. The smallest absolute Gasteiger partial charge is 0.245 e. The molecule has 1 atom stereocenters. The minimum atomic E-state index is -0.0422. The van der Waals surface area contributed by atoms with Crippen LogP contribution in [0, 0.1) is 0 Å². The number of hydrogen-bond acceptors (Lipinski definition) is 6. The van der Waals surface area contributed by atoms with Crippen LogP contribution in [0.15, 0.2) is 85.0 Å². The van der Waals surface area contributed by atoms with Gasteiger partial charge in [0.05, 0.1) is 5.52 Å². The fourth-order valence-corrected chi connectivity index (χ4v) is 3.88. The van der Waals surface area contributed by atoms with Crippen molar-refractivity contribution in [3.8, 4) is 11.1 Å². The normalized spacial score (nSPS) is 14.3. The number of benzene rings is 2. The Hall–Kier alpha value is -4.26. The highest BCUT2D eigenvalue weighted by atomic mass is 16.1. The van der Waals surface area contributed by atoms with Crippen LogP contribution < -0.4 is 16.0 Å². The molecule has 5 rings (SSSR count). The van der Waals surface area contributed by atoms with Gasteiger partial charge in [0.25, 0.3) is 0 Å². The van der Waals surface area contributed by atoms with Gasteiger partial charge < -0.3 is 16.0 Å². The van der Waals surface area contributed by atoms with Gasteiger partial charge >= 0.3 is 0 Å². The van der Waals surface area contributed by atoms with E-state index in [4.69, 9.17) is 0 Å². The third kappa shape index (κ3) is 4.82. The molecule has 164 valence electrons. The lowest BCUT2D eigenvalue weighted by molar-refractivity contribution is -0.116. The molecule has 0 fully saturated rings. The van der Waals surface area contributed by atoms with Gasteiger partial charge in [0.1, 0.15) is 0 Å². The second-order valence-corrected chi connectivity index (χ2v) is 8.03. The molecule has 0 aliphatic carbocycles. The lowest BCUT2D eigenvalue weighted by Crippen LogP contribution is -2.32. The second kappa shape index (κ2) is 9.08. The highest BCUT2D eigenvalue weighted by molar-refractivity contribution is 5.89. The van der Waals surface area contributed by atoms with Crippen LogP contribution in [0.5, 0.6) is 0 Å². The molecule has 7 heteroatoms. The molecule has 0 bridgehead atoms. The topological polar surface area (TPSA) is 91.8 Å². The van der Waals surface area contributed by atoms with Crippen molar-refractivity contribution in [2.24, 2.45) is 0 Å². The molecule has 1 aliphatic heterocycles. The van der Waals surface area contributed by atoms with Crippen molar-refractivity contribution in [3.05, 3.63) is 90.5 Å². The van der Waals surface area contributed by atoms with Crippen LogP contribution in [0.25, 0.3) is 22.0 Å². The Kier molecular flexibility index (Phi) is 5.68. The zero-order valence-electron chi connectivity index (χ0n) is 18.2. The van der Waals surface area contributed by atoms with E-state index < -0.39 is 0 Å². The number of nitrogens with zero attached hydrogens (tertiary/aromatic N) is 3. The van der Waals surface area contributed by atoms with Crippen LogP contribution in [0.4, 0.5) is 11.6 Å². The van der Waals surface area contributed by atoms with Gasteiger partial charge in [-0.1, -0.05) is 18.2 Å². The van der Waals surface area contributed by atoms with Gasteiger partial charge in [0.2, 0.25) is 11.9 Å². The highest BCUT2D eigenvalue weighted by Gasteiger charge is 2.12. The quantitative estimate of drug-likeness (QED) is 0.413. The van der Waals surface area contributed by atoms with Gasteiger partial charge in [-0.25, -0.2) is 9.97 Å². The summed E-state index contributed by atoms with van der Waals surface area (Å²) >= 11 is 0. The predicted octanol–water partition coefficient (Wildman–Crippen LogP) is 4.49. The van der Waals surface area contributed by atoms with E-state index >= 15 is 0 Å². The maximum Gasteiger partial charge on any atom is 0.245 e. The average molecular weight is 437 g/mol. The molecule has 0 saturated carbocycles. The molecule has 33 heavy (non-hydrogen) atoms. The van der Waals surface area contributed by atoms with Crippen molar-refractivity contribution in [2.75, 3.05) is 11.9 Å². The molecule has 2 aromatic carbocycles. The highest BCUT2D eigenvalue weighted by Crippen LogP contribution is 2.24. The fraction of sp³-hybridized carbons (Fsp3) is 0.154. The number of anilines is 2. The van der Waals surface area contributed by atoms with E-state index in [1.807, 2.05) is 36.5 Å². The number of hydrogen-bond donors (Lipinski definition) is 3. The van der Waals surface area contributed by atoms with Crippen molar-refractivity contribution < 1.29 is 4.79 Å². The number of carbonyl (C=O) groups excluding carboxylic acids is 1. The number of pyridine rings is 1. The Morgan fingerprint density at radius 3 is 2.61 bits per heavy atom. The van der Waals surface area contributed by atoms with Crippen molar-refractivity contribution >= 4 is 28.4 Å². The lowest BCUT2D eigenvalue weighted by Gasteiger charge is -2.21. The van der Waals surface area contributed by atoms with Gasteiger partial charge in [-0.05, 0) is 60.0 Å². The molecule has 4 aromatic rings. The summed E-state index contributed by atoms with van der Waals surface area (Å²) < 4.78 is 0. The van der Waals surface area contributed by atoms with Crippen LogP contribution in [0.2, 0.25) is 0 Å². The van der Waals surface area contributed by atoms with E-state index in [-0.39, 0.29) is 11.9 Å². The predicted molar refractivity (Wildman–Crippen MR) is 130 cm³/mol. The van der Waals surface area contributed by atoms with Gasteiger partial charge in [-0.3, -0.25) is 9.78 Å². The molecule has 3 N–H and O–H groups in total. The molecule has 0 saturated heterocycles. The van der Waals surface area contributed by atoms with Crippen molar-refractivity contribution in [3.63, 3.8) is 0 Å². The van der Waals surface area contributed by atoms with Crippen molar-refractivity contribution in [2.45, 2.75) is 19.4 Å². The first-order valence-corrected chi connectivity index (χ1v) is 10.9. The fourth-order valence-electron chi connectivity index (χ4n) is 3.88. The number of nitrogens with one attached hydrogen (secondary N) is 3. The first kappa shape index (κ1) is 20.6. The Morgan fingerprint density at radius 1 is 1.00 bits per heavy atom. The van der Waals surface area contributed by atoms with E-state index in [1.54, 1.807) is 18.5 Å². The summed E-state index contributed by atoms with van der Waals surface area (Å²) in [5.74, 6) is 0.510. The number of amides is 1. The van der Waals surface area contributed by atoms with E-state index in [1.165, 1.54) is 0 Å². The molecule has 1 aliphatic rings.